The van der Waals surface area contributed by atoms with Crippen molar-refractivity contribution in [3.8, 4) is 5.75 Å². The van der Waals surface area contributed by atoms with E-state index in [1.165, 1.54) is 4.90 Å². The Kier molecular flexibility index (Phi) is 6.80. The highest BCUT2D eigenvalue weighted by Gasteiger charge is 2.38. The van der Waals surface area contributed by atoms with Gasteiger partial charge in [-0.05, 0) is 67.8 Å². The summed E-state index contributed by atoms with van der Waals surface area (Å²) < 4.78 is 5.49. The van der Waals surface area contributed by atoms with Gasteiger partial charge >= 0.3 is 0 Å². The molecule has 6 heteroatoms. The third-order valence-corrected chi connectivity index (χ3v) is 5.73. The third-order valence-electron chi connectivity index (χ3n) is 5.48. The summed E-state index contributed by atoms with van der Waals surface area (Å²) in [6.07, 6.45) is 0.548. The molecule has 0 saturated carbocycles. The maximum Gasteiger partial charge on any atom is 0.278 e. The fourth-order valence-corrected chi connectivity index (χ4v) is 3.85. The van der Waals surface area contributed by atoms with E-state index in [9.17, 15) is 9.59 Å². The van der Waals surface area contributed by atoms with Crippen LogP contribution in [-0.2, 0) is 16.0 Å². The van der Waals surface area contributed by atoms with E-state index in [1.807, 2.05) is 74.5 Å². The number of carbonyl (C=O) groups is 2. The Morgan fingerprint density at radius 2 is 1.55 bits per heavy atom. The fraction of sp³-hybridized carbons (Fsp3) is 0.185. The number of nitrogens with zero attached hydrogens (tertiary/aromatic N) is 1. The molecule has 3 aromatic carbocycles. The summed E-state index contributed by atoms with van der Waals surface area (Å²) in [4.78, 5) is 28.0. The normalized spacial score (nSPS) is 13.6. The molecule has 1 aliphatic heterocycles. The fourth-order valence-electron chi connectivity index (χ4n) is 3.72. The SMILES string of the molecule is CCOc1ccc(NC2=C(c3ccc(C)cc3)C(=O)N(CCc3ccc(Cl)cc3)C2=O)cc1. The molecule has 5 nitrogen and oxygen atoms in total. The molecule has 0 saturated heterocycles. The van der Waals surface area contributed by atoms with Gasteiger partial charge in [-0.1, -0.05) is 53.6 Å². The van der Waals surface area contributed by atoms with Crippen molar-refractivity contribution in [1.82, 2.24) is 4.90 Å². The van der Waals surface area contributed by atoms with Crippen LogP contribution in [0.2, 0.25) is 5.02 Å². The standard InChI is InChI=1S/C27H25ClN2O3/c1-3-33-23-14-12-22(13-15-23)29-25-24(20-8-4-18(2)5-9-20)26(31)30(27(25)32)17-16-19-6-10-21(28)11-7-19/h4-15,29H,3,16-17H2,1-2H3. The average molecular weight is 461 g/mol. The zero-order chi connectivity index (χ0) is 23.4. The minimum Gasteiger partial charge on any atom is -0.494 e. The molecule has 0 atom stereocenters. The van der Waals surface area contributed by atoms with Crippen molar-refractivity contribution in [2.75, 3.05) is 18.5 Å². The first kappa shape index (κ1) is 22.6. The van der Waals surface area contributed by atoms with E-state index in [0.29, 0.717) is 34.9 Å². The molecule has 0 spiro atoms. The van der Waals surface area contributed by atoms with Crippen LogP contribution in [0.4, 0.5) is 5.69 Å². The zero-order valence-electron chi connectivity index (χ0n) is 18.6. The molecule has 1 aliphatic rings. The van der Waals surface area contributed by atoms with Crippen LogP contribution in [0.15, 0.2) is 78.5 Å². The second-order valence-electron chi connectivity index (χ2n) is 7.84. The number of imide groups is 1. The molecule has 0 bridgehead atoms. The molecule has 33 heavy (non-hydrogen) atoms. The van der Waals surface area contributed by atoms with Gasteiger partial charge in [0, 0.05) is 17.3 Å². The van der Waals surface area contributed by atoms with Crippen molar-refractivity contribution in [1.29, 1.82) is 0 Å². The number of aryl methyl sites for hydroxylation is 1. The quantitative estimate of drug-likeness (QED) is 0.452. The summed E-state index contributed by atoms with van der Waals surface area (Å²) in [5.74, 6) is 0.110. The molecule has 1 heterocycles. The Hall–Kier alpha value is -3.57. The summed E-state index contributed by atoms with van der Waals surface area (Å²) in [6, 6.07) is 22.4. The van der Waals surface area contributed by atoms with Gasteiger partial charge in [0.25, 0.3) is 11.8 Å². The van der Waals surface area contributed by atoms with Gasteiger partial charge in [-0.15, -0.1) is 0 Å². The van der Waals surface area contributed by atoms with Gasteiger partial charge in [0.15, 0.2) is 0 Å². The van der Waals surface area contributed by atoms with Crippen molar-refractivity contribution in [3.63, 3.8) is 0 Å². The molecule has 0 aliphatic carbocycles. The predicted molar refractivity (Wildman–Crippen MR) is 131 cm³/mol. The van der Waals surface area contributed by atoms with Crippen molar-refractivity contribution in [2.24, 2.45) is 0 Å². The van der Waals surface area contributed by atoms with Crippen LogP contribution < -0.4 is 10.1 Å². The minimum absolute atomic E-state index is 0.281. The number of hydrogen-bond donors (Lipinski definition) is 1. The summed E-state index contributed by atoms with van der Waals surface area (Å²) in [5.41, 5.74) is 4.16. The van der Waals surface area contributed by atoms with Crippen LogP contribution in [0, 0.1) is 6.92 Å². The first-order chi connectivity index (χ1) is 16.0. The van der Waals surface area contributed by atoms with Crippen LogP contribution >= 0.6 is 11.6 Å². The third kappa shape index (κ3) is 5.10. The van der Waals surface area contributed by atoms with Gasteiger partial charge in [0.1, 0.15) is 11.4 Å². The van der Waals surface area contributed by atoms with Crippen LogP contribution in [0.25, 0.3) is 5.57 Å². The maximum absolute atomic E-state index is 13.4. The smallest absolute Gasteiger partial charge is 0.278 e. The van der Waals surface area contributed by atoms with E-state index in [2.05, 4.69) is 5.32 Å². The van der Waals surface area contributed by atoms with Gasteiger partial charge < -0.3 is 10.1 Å². The zero-order valence-corrected chi connectivity index (χ0v) is 19.4. The highest BCUT2D eigenvalue weighted by Crippen LogP contribution is 2.31. The monoisotopic (exact) mass is 460 g/mol. The average Bonchev–Trinajstić information content (AvgIpc) is 3.04. The lowest BCUT2D eigenvalue weighted by atomic mass is 10.0. The summed E-state index contributed by atoms with van der Waals surface area (Å²) in [5, 5.41) is 3.83. The van der Waals surface area contributed by atoms with E-state index in [4.69, 9.17) is 16.3 Å². The Bertz CT molecular complexity index is 1180. The molecule has 4 rings (SSSR count). The lowest BCUT2D eigenvalue weighted by Crippen LogP contribution is -2.34. The second-order valence-corrected chi connectivity index (χ2v) is 8.27. The van der Waals surface area contributed by atoms with E-state index in [1.54, 1.807) is 12.1 Å². The number of anilines is 1. The summed E-state index contributed by atoms with van der Waals surface area (Å²) >= 11 is 5.97. The molecule has 0 fully saturated rings. The number of benzene rings is 3. The summed E-state index contributed by atoms with van der Waals surface area (Å²) in [7, 11) is 0. The number of ether oxygens (including phenoxy) is 1. The molecule has 1 N–H and O–H groups in total. The molecule has 0 aromatic heterocycles. The Morgan fingerprint density at radius 1 is 0.879 bits per heavy atom. The van der Waals surface area contributed by atoms with E-state index in [0.717, 1.165) is 16.9 Å². The molecule has 168 valence electrons. The van der Waals surface area contributed by atoms with Crippen molar-refractivity contribution >= 4 is 34.7 Å². The number of amides is 2. The number of nitrogens with one attached hydrogen (secondary N) is 1. The van der Waals surface area contributed by atoms with Crippen LogP contribution in [0.3, 0.4) is 0 Å². The maximum atomic E-state index is 13.4. The lowest BCUT2D eigenvalue weighted by molar-refractivity contribution is -0.136. The van der Waals surface area contributed by atoms with E-state index in [-0.39, 0.29) is 24.1 Å². The van der Waals surface area contributed by atoms with Gasteiger partial charge in [0.05, 0.1) is 12.2 Å². The van der Waals surface area contributed by atoms with Crippen molar-refractivity contribution in [2.45, 2.75) is 20.3 Å². The lowest BCUT2D eigenvalue weighted by Gasteiger charge is -2.15. The van der Waals surface area contributed by atoms with Gasteiger partial charge in [-0.2, -0.15) is 0 Å². The Balaban J connectivity index is 1.62. The molecule has 2 amide bonds. The van der Waals surface area contributed by atoms with Gasteiger partial charge in [0.2, 0.25) is 0 Å². The molecule has 0 unspecified atom stereocenters. The van der Waals surface area contributed by atoms with Gasteiger partial charge in [-0.3, -0.25) is 14.5 Å². The first-order valence-electron chi connectivity index (χ1n) is 10.9. The van der Waals surface area contributed by atoms with Crippen LogP contribution in [0.5, 0.6) is 5.75 Å². The van der Waals surface area contributed by atoms with Crippen LogP contribution in [0.1, 0.15) is 23.6 Å². The first-order valence-corrected chi connectivity index (χ1v) is 11.3. The topological polar surface area (TPSA) is 58.6 Å². The number of halogens is 1. The minimum atomic E-state index is -0.335. The predicted octanol–water partition coefficient (Wildman–Crippen LogP) is 5.48. The number of rotatable bonds is 8. The Labute approximate surface area is 198 Å². The van der Waals surface area contributed by atoms with E-state index < -0.39 is 0 Å². The van der Waals surface area contributed by atoms with E-state index >= 15 is 0 Å². The number of hydrogen-bond acceptors (Lipinski definition) is 4. The van der Waals surface area contributed by atoms with Crippen molar-refractivity contribution < 1.29 is 14.3 Å². The highest BCUT2D eigenvalue weighted by atomic mass is 35.5. The molecular weight excluding hydrogens is 436 g/mol. The molecule has 3 aromatic rings. The Morgan fingerprint density at radius 3 is 2.18 bits per heavy atom. The molecular formula is C27H25ClN2O3. The van der Waals surface area contributed by atoms with Crippen LogP contribution in [-0.4, -0.2) is 29.9 Å². The largest absolute Gasteiger partial charge is 0.494 e. The highest BCUT2D eigenvalue weighted by molar-refractivity contribution is 6.36. The molecule has 0 radical (unpaired) electrons. The number of carbonyl (C=O) groups excluding carboxylic acids is 2. The summed E-state index contributed by atoms with van der Waals surface area (Å²) in [6.45, 7) is 4.76. The second kappa shape index (κ2) is 9.92. The van der Waals surface area contributed by atoms with Gasteiger partial charge in [-0.25, -0.2) is 0 Å². The van der Waals surface area contributed by atoms with Crippen molar-refractivity contribution in [3.05, 3.63) is 100 Å².